The molecule has 19 heavy (non-hydrogen) atoms. The lowest BCUT2D eigenvalue weighted by Crippen LogP contribution is -2.69. The number of carbonyl (C=O) groups is 2. The molecule has 0 heterocycles. The molecule has 0 fully saturated rings. The molecule has 0 saturated carbocycles. The number of carbonyl (C=O) groups excluding carboxylic acids is 2. The molecule has 2 amide bonds. The zero-order valence-electron chi connectivity index (χ0n) is 9.58. The Bertz CT molecular complexity index is 477. The summed E-state index contributed by atoms with van der Waals surface area (Å²) in [6, 6.07) is 5.28. The lowest BCUT2D eigenvalue weighted by Gasteiger charge is -2.13. The molecule has 1 aromatic carbocycles. The fourth-order valence-electron chi connectivity index (χ4n) is 1.21. The SMILES string of the molecule is [NH3+]NC(=O)C(=O)NCc1ccccc1OC(F)(F)F. The highest BCUT2D eigenvalue weighted by Crippen LogP contribution is 2.25. The van der Waals surface area contributed by atoms with Crippen LogP contribution in [0.5, 0.6) is 5.75 Å². The van der Waals surface area contributed by atoms with Gasteiger partial charge in [-0.3, -0.25) is 15.4 Å². The van der Waals surface area contributed by atoms with E-state index in [1.807, 2.05) is 5.43 Å². The van der Waals surface area contributed by atoms with Gasteiger partial charge in [0.1, 0.15) is 5.75 Å². The summed E-state index contributed by atoms with van der Waals surface area (Å²) in [4.78, 5) is 22.0. The van der Waals surface area contributed by atoms with Crippen molar-refractivity contribution < 1.29 is 33.3 Å². The standard InChI is InChI=1S/C10H10F3N3O3/c11-10(12,13)19-7-4-2-1-3-6(7)5-15-8(17)9(18)16-14/h1-4H,5,14H2,(H,15,17)(H,16,18)/p+1. The predicted molar refractivity (Wildman–Crippen MR) is 56.0 cm³/mol. The Morgan fingerprint density at radius 2 is 1.84 bits per heavy atom. The minimum absolute atomic E-state index is 0.0880. The van der Waals surface area contributed by atoms with Crippen LogP contribution in [-0.4, -0.2) is 18.2 Å². The molecule has 104 valence electrons. The van der Waals surface area contributed by atoms with E-state index >= 15 is 0 Å². The molecule has 0 aliphatic rings. The lowest BCUT2D eigenvalue weighted by atomic mass is 10.2. The van der Waals surface area contributed by atoms with Crippen molar-refractivity contribution in [1.82, 2.24) is 10.7 Å². The summed E-state index contributed by atoms with van der Waals surface area (Å²) < 4.78 is 40.2. The van der Waals surface area contributed by atoms with E-state index in [9.17, 15) is 22.8 Å². The van der Waals surface area contributed by atoms with Gasteiger partial charge in [0.05, 0.1) is 0 Å². The number of quaternary nitrogens is 1. The van der Waals surface area contributed by atoms with Crippen molar-refractivity contribution in [3.05, 3.63) is 29.8 Å². The van der Waals surface area contributed by atoms with Crippen molar-refractivity contribution in [3.63, 3.8) is 0 Å². The van der Waals surface area contributed by atoms with Crippen molar-refractivity contribution in [1.29, 1.82) is 0 Å². The molecule has 9 heteroatoms. The zero-order chi connectivity index (χ0) is 14.5. The van der Waals surface area contributed by atoms with Crippen LogP contribution in [0.2, 0.25) is 0 Å². The van der Waals surface area contributed by atoms with Gasteiger partial charge in [-0.2, -0.15) is 5.43 Å². The smallest absolute Gasteiger partial charge is 0.405 e. The first-order valence-corrected chi connectivity index (χ1v) is 5.02. The van der Waals surface area contributed by atoms with Crippen LogP contribution in [0.1, 0.15) is 5.56 Å². The average Bonchev–Trinajstić information content (AvgIpc) is 2.34. The van der Waals surface area contributed by atoms with Gasteiger partial charge in [-0.15, -0.1) is 13.2 Å². The minimum Gasteiger partial charge on any atom is -0.405 e. The largest absolute Gasteiger partial charge is 0.573 e. The third kappa shape index (κ3) is 4.84. The molecule has 0 saturated heterocycles. The van der Waals surface area contributed by atoms with Crippen LogP contribution in [0.3, 0.4) is 0 Å². The van der Waals surface area contributed by atoms with Crippen LogP contribution in [-0.2, 0) is 16.1 Å². The first kappa shape index (κ1) is 14.8. The molecule has 0 atom stereocenters. The maximum absolute atomic E-state index is 12.1. The van der Waals surface area contributed by atoms with Crippen LogP contribution in [0, 0.1) is 0 Å². The van der Waals surface area contributed by atoms with E-state index in [2.05, 4.69) is 15.9 Å². The quantitative estimate of drug-likeness (QED) is 0.512. The van der Waals surface area contributed by atoms with Crippen LogP contribution < -0.4 is 21.3 Å². The van der Waals surface area contributed by atoms with E-state index in [4.69, 9.17) is 0 Å². The van der Waals surface area contributed by atoms with E-state index in [0.29, 0.717) is 0 Å². The summed E-state index contributed by atoms with van der Waals surface area (Å²) >= 11 is 0. The topological polar surface area (TPSA) is 95.1 Å². The van der Waals surface area contributed by atoms with Crippen molar-refractivity contribution in [2.45, 2.75) is 12.9 Å². The Kier molecular flexibility index (Phi) is 4.70. The van der Waals surface area contributed by atoms with E-state index in [1.54, 1.807) is 0 Å². The van der Waals surface area contributed by atoms with Gasteiger partial charge in [-0.05, 0) is 6.07 Å². The van der Waals surface area contributed by atoms with Gasteiger partial charge in [0.25, 0.3) is 0 Å². The highest BCUT2D eigenvalue weighted by Gasteiger charge is 2.32. The zero-order valence-corrected chi connectivity index (χ0v) is 9.58. The molecule has 0 spiro atoms. The van der Waals surface area contributed by atoms with Crippen LogP contribution >= 0.6 is 0 Å². The fourth-order valence-corrected chi connectivity index (χ4v) is 1.21. The van der Waals surface area contributed by atoms with E-state index in [1.165, 1.54) is 18.2 Å². The maximum atomic E-state index is 12.1. The number of hydrogen-bond acceptors (Lipinski definition) is 3. The monoisotopic (exact) mass is 278 g/mol. The van der Waals surface area contributed by atoms with Gasteiger partial charge >= 0.3 is 18.2 Å². The summed E-state index contributed by atoms with van der Waals surface area (Å²) in [6.45, 7) is -0.279. The van der Waals surface area contributed by atoms with Gasteiger partial charge in [-0.25, -0.2) is 0 Å². The molecule has 5 N–H and O–H groups in total. The normalized spacial score (nSPS) is 10.7. The number of nitrogens with one attached hydrogen (secondary N) is 2. The molecule has 1 rings (SSSR count). The Hall–Kier alpha value is -2.29. The van der Waals surface area contributed by atoms with E-state index in [0.717, 1.165) is 6.07 Å². The van der Waals surface area contributed by atoms with Gasteiger partial charge < -0.3 is 10.1 Å². The van der Waals surface area contributed by atoms with E-state index in [-0.39, 0.29) is 12.1 Å². The van der Waals surface area contributed by atoms with Gasteiger partial charge in [0.2, 0.25) is 0 Å². The van der Waals surface area contributed by atoms with Crippen molar-refractivity contribution in [2.75, 3.05) is 0 Å². The molecule has 1 aromatic rings. The number of rotatable bonds is 3. The van der Waals surface area contributed by atoms with Crippen molar-refractivity contribution in [3.8, 4) is 5.75 Å². The highest BCUT2D eigenvalue weighted by atomic mass is 19.4. The summed E-state index contributed by atoms with van der Waals surface area (Å²) in [5.74, 6) is 0.560. The number of amides is 2. The van der Waals surface area contributed by atoms with Crippen LogP contribution in [0.25, 0.3) is 0 Å². The number of hydrogen-bond donors (Lipinski definition) is 3. The van der Waals surface area contributed by atoms with Gasteiger partial charge in [0.15, 0.2) is 0 Å². The third-order valence-electron chi connectivity index (χ3n) is 2.00. The van der Waals surface area contributed by atoms with Crippen molar-refractivity contribution in [2.24, 2.45) is 0 Å². The van der Waals surface area contributed by atoms with Crippen LogP contribution in [0.15, 0.2) is 24.3 Å². The minimum atomic E-state index is -4.83. The number of alkyl halides is 3. The summed E-state index contributed by atoms with van der Waals surface area (Å²) in [5.41, 5.74) is 1.93. The lowest BCUT2D eigenvalue weighted by molar-refractivity contribution is -0.426. The predicted octanol–water partition coefficient (Wildman–Crippen LogP) is -0.525. The first-order chi connectivity index (χ1) is 8.83. The molecule has 0 bridgehead atoms. The number of benzene rings is 1. The summed E-state index contributed by atoms with van der Waals surface area (Å²) in [5, 5.41) is 2.14. The molecular weight excluding hydrogens is 267 g/mol. The molecule has 0 aliphatic carbocycles. The first-order valence-electron chi connectivity index (χ1n) is 5.02. The Balaban J connectivity index is 2.73. The third-order valence-corrected chi connectivity index (χ3v) is 2.00. The Morgan fingerprint density at radius 1 is 1.21 bits per heavy atom. The van der Waals surface area contributed by atoms with Gasteiger partial charge in [-0.1, -0.05) is 18.2 Å². The number of halogens is 3. The summed E-state index contributed by atoms with van der Waals surface area (Å²) in [6.07, 6.45) is -4.83. The number of ether oxygens (including phenoxy) is 1. The molecule has 0 radical (unpaired) electrons. The second kappa shape index (κ2) is 6.05. The fraction of sp³-hybridized carbons (Fsp3) is 0.200. The van der Waals surface area contributed by atoms with Crippen LogP contribution in [0.4, 0.5) is 13.2 Å². The molecule has 0 unspecified atom stereocenters. The maximum Gasteiger partial charge on any atom is 0.573 e. The molecule has 6 nitrogen and oxygen atoms in total. The Labute approximate surface area is 105 Å². The van der Waals surface area contributed by atoms with Gasteiger partial charge in [0, 0.05) is 12.1 Å². The van der Waals surface area contributed by atoms with Crippen molar-refractivity contribution >= 4 is 11.8 Å². The number of para-hydroxylation sites is 1. The Morgan fingerprint density at radius 3 is 2.42 bits per heavy atom. The average molecular weight is 278 g/mol. The van der Waals surface area contributed by atoms with E-state index < -0.39 is 23.9 Å². The molecule has 0 aliphatic heterocycles. The summed E-state index contributed by atoms with van der Waals surface area (Å²) in [7, 11) is 0. The second-order valence-electron chi connectivity index (χ2n) is 3.34. The molecular formula is C10H11F3N3O3+. The highest BCUT2D eigenvalue weighted by molar-refractivity contribution is 6.34. The molecule has 0 aromatic heterocycles. The second-order valence-corrected chi connectivity index (χ2v) is 3.34.